The van der Waals surface area contributed by atoms with Crippen LogP contribution in [0.2, 0.25) is 0 Å². The first-order valence-electron chi connectivity index (χ1n) is 19.7. The molecule has 0 aliphatic heterocycles. The molecular formula is C41H70N6O2. The average molecular weight is 679 g/mol. The van der Waals surface area contributed by atoms with E-state index in [4.69, 9.17) is 0 Å². The van der Waals surface area contributed by atoms with Crippen LogP contribution in [0.4, 0.5) is 21.0 Å². The fourth-order valence-corrected chi connectivity index (χ4v) is 5.97. The Morgan fingerprint density at radius 1 is 0.449 bits per heavy atom. The van der Waals surface area contributed by atoms with Gasteiger partial charge in [0.2, 0.25) is 0 Å². The molecule has 2 aromatic rings. The van der Waals surface area contributed by atoms with Gasteiger partial charge in [0.05, 0.1) is 0 Å². The molecular weight excluding hydrogens is 608 g/mol. The molecule has 0 aromatic heterocycles. The van der Waals surface area contributed by atoms with E-state index >= 15 is 0 Å². The predicted octanol–water partition coefficient (Wildman–Crippen LogP) is 9.67. The van der Waals surface area contributed by atoms with Gasteiger partial charge in [-0.1, -0.05) is 103 Å². The van der Waals surface area contributed by atoms with Gasteiger partial charge in [-0.3, -0.25) is 0 Å². The molecule has 2 aromatic carbocycles. The van der Waals surface area contributed by atoms with Gasteiger partial charge in [0.25, 0.3) is 0 Å². The second-order valence-corrected chi connectivity index (χ2v) is 13.6. The third-order valence-corrected chi connectivity index (χ3v) is 9.02. The van der Waals surface area contributed by atoms with Crippen molar-refractivity contribution in [1.82, 2.24) is 20.4 Å². The first-order chi connectivity index (χ1) is 24.0. The summed E-state index contributed by atoms with van der Waals surface area (Å²) in [6, 6.07) is 15.7. The van der Waals surface area contributed by atoms with Crippen molar-refractivity contribution >= 4 is 23.4 Å². The Morgan fingerprint density at radius 3 is 1.16 bits per heavy atom. The van der Waals surface area contributed by atoms with Crippen LogP contribution < -0.4 is 21.3 Å². The van der Waals surface area contributed by atoms with E-state index in [1.165, 1.54) is 77.0 Å². The van der Waals surface area contributed by atoms with Crippen LogP contribution in [-0.2, 0) is 6.42 Å². The van der Waals surface area contributed by atoms with Crippen molar-refractivity contribution in [2.45, 2.75) is 124 Å². The number of urea groups is 2. The quantitative estimate of drug-likeness (QED) is 0.0675. The van der Waals surface area contributed by atoms with E-state index in [9.17, 15) is 9.59 Å². The first kappa shape index (κ1) is 42.1. The predicted molar refractivity (Wildman–Crippen MR) is 210 cm³/mol. The maximum absolute atomic E-state index is 12.5. The van der Waals surface area contributed by atoms with E-state index in [1.807, 2.05) is 48.5 Å². The molecule has 0 atom stereocenters. The number of nitrogens with one attached hydrogen (secondary N) is 4. The molecule has 4 amide bonds. The topological polar surface area (TPSA) is 88.7 Å². The summed E-state index contributed by atoms with van der Waals surface area (Å²) in [5, 5.41) is 12.0. The zero-order valence-electron chi connectivity index (χ0n) is 31.6. The van der Waals surface area contributed by atoms with E-state index in [-0.39, 0.29) is 12.1 Å². The summed E-state index contributed by atoms with van der Waals surface area (Å²) in [5.74, 6) is 0. The van der Waals surface area contributed by atoms with Gasteiger partial charge in [-0.2, -0.15) is 0 Å². The van der Waals surface area contributed by atoms with Gasteiger partial charge in [0.15, 0.2) is 0 Å². The molecule has 2 rings (SSSR count). The second kappa shape index (κ2) is 27.7. The number of hydrogen-bond donors (Lipinski definition) is 4. The molecule has 0 spiro atoms. The lowest BCUT2D eigenvalue weighted by atomic mass is 10.0. The van der Waals surface area contributed by atoms with Crippen LogP contribution in [-0.4, -0.2) is 74.2 Å². The largest absolute Gasteiger partial charge is 0.338 e. The molecule has 4 N–H and O–H groups in total. The molecule has 0 bridgehead atoms. The number of carbonyl (C=O) groups excluding carboxylic acids is 2. The fourth-order valence-electron chi connectivity index (χ4n) is 5.97. The van der Waals surface area contributed by atoms with E-state index < -0.39 is 0 Å². The van der Waals surface area contributed by atoms with Crippen LogP contribution in [0.1, 0.15) is 129 Å². The molecule has 276 valence electrons. The van der Waals surface area contributed by atoms with E-state index in [2.05, 4.69) is 58.8 Å². The highest BCUT2D eigenvalue weighted by atomic mass is 16.2. The van der Waals surface area contributed by atoms with Crippen LogP contribution in [0.15, 0.2) is 48.5 Å². The molecule has 0 saturated carbocycles. The Labute approximate surface area is 299 Å². The van der Waals surface area contributed by atoms with Crippen molar-refractivity contribution in [2.75, 3.05) is 63.0 Å². The Morgan fingerprint density at radius 2 is 0.796 bits per heavy atom. The SMILES string of the molecule is CCCCCCN(CCCC)CCCNC(=O)Nc1ccc(Cc2ccc(NC(=O)NCCCN(CCCC)CCCCCC)cc2)cc1. The van der Waals surface area contributed by atoms with Crippen LogP contribution >= 0.6 is 0 Å². The fraction of sp³-hybridized carbons (Fsp3) is 0.659. The van der Waals surface area contributed by atoms with E-state index in [1.54, 1.807) is 0 Å². The maximum Gasteiger partial charge on any atom is 0.319 e. The molecule has 8 heteroatoms. The lowest BCUT2D eigenvalue weighted by Gasteiger charge is -2.22. The molecule has 0 fully saturated rings. The zero-order valence-corrected chi connectivity index (χ0v) is 31.6. The lowest BCUT2D eigenvalue weighted by Crippen LogP contribution is -2.33. The Kier molecular flexibility index (Phi) is 23.8. The third kappa shape index (κ3) is 20.9. The summed E-state index contributed by atoms with van der Waals surface area (Å²) in [4.78, 5) is 30.1. The summed E-state index contributed by atoms with van der Waals surface area (Å²) in [7, 11) is 0. The number of anilines is 2. The summed E-state index contributed by atoms with van der Waals surface area (Å²) in [5.41, 5.74) is 3.89. The molecule has 49 heavy (non-hydrogen) atoms. The van der Waals surface area contributed by atoms with Crippen LogP contribution in [0, 0.1) is 0 Å². The molecule has 0 radical (unpaired) electrons. The Bertz CT molecular complexity index is 1020. The lowest BCUT2D eigenvalue weighted by molar-refractivity contribution is 0.245. The summed E-state index contributed by atoms with van der Waals surface area (Å²) < 4.78 is 0. The molecule has 0 unspecified atom stereocenters. The minimum Gasteiger partial charge on any atom is -0.338 e. The number of amides is 4. The number of nitrogens with zero attached hydrogens (tertiary/aromatic N) is 2. The third-order valence-electron chi connectivity index (χ3n) is 9.02. The van der Waals surface area contributed by atoms with Gasteiger partial charge in [0, 0.05) is 24.5 Å². The average Bonchev–Trinajstić information content (AvgIpc) is 3.11. The van der Waals surface area contributed by atoms with Gasteiger partial charge in [-0.05, 0) is 120 Å². The van der Waals surface area contributed by atoms with Gasteiger partial charge in [-0.15, -0.1) is 0 Å². The number of rotatable bonds is 28. The number of hydrogen-bond acceptors (Lipinski definition) is 4. The van der Waals surface area contributed by atoms with E-state index in [0.717, 1.165) is 81.0 Å². The summed E-state index contributed by atoms with van der Waals surface area (Å²) in [6.07, 6.45) is 17.9. The van der Waals surface area contributed by atoms with Crippen molar-refractivity contribution in [1.29, 1.82) is 0 Å². The van der Waals surface area contributed by atoms with Gasteiger partial charge >= 0.3 is 12.1 Å². The smallest absolute Gasteiger partial charge is 0.319 e. The minimum absolute atomic E-state index is 0.158. The monoisotopic (exact) mass is 679 g/mol. The second-order valence-electron chi connectivity index (χ2n) is 13.6. The molecule has 0 heterocycles. The van der Waals surface area contributed by atoms with Crippen molar-refractivity contribution in [3.05, 3.63) is 59.7 Å². The van der Waals surface area contributed by atoms with Crippen LogP contribution in [0.25, 0.3) is 0 Å². The van der Waals surface area contributed by atoms with Crippen molar-refractivity contribution < 1.29 is 9.59 Å². The highest BCUT2D eigenvalue weighted by Gasteiger charge is 2.08. The standard InChI is InChI=1S/C41H70N6O2/c1-5-9-13-15-31-46(29-11-7-3)33-17-27-42-40(48)44-38-23-19-36(20-24-38)35-37-21-25-39(26-22-37)45-41(49)43-28-18-34-47(30-12-8-4)32-16-14-10-6-2/h19-26H,5-18,27-35H2,1-4H3,(H2,42,44,48)(H2,43,45,49). The van der Waals surface area contributed by atoms with Crippen molar-refractivity contribution in [3.63, 3.8) is 0 Å². The highest BCUT2D eigenvalue weighted by molar-refractivity contribution is 5.89. The zero-order chi connectivity index (χ0) is 35.4. The van der Waals surface area contributed by atoms with Gasteiger partial charge < -0.3 is 31.1 Å². The molecule has 0 aliphatic carbocycles. The van der Waals surface area contributed by atoms with Crippen LogP contribution in [0.5, 0.6) is 0 Å². The maximum atomic E-state index is 12.5. The normalized spacial score (nSPS) is 11.2. The van der Waals surface area contributed by atoms with Crippen molar-refractivity contribution in [3.8, 4) is 0 Å². The van der Waals surface area contributed by atoms with Crippen molar-refractivity contribution in [2.24, 2.45) is 0 Å². The minimum atomic E-state index is -0.158. The number of carbonyl (C=O) groups is 2. The Balaban J connectivity index is 1.66. The van der Waals surface area contributed by atoms with Gasteiger partial charge in [-0.25, -0.2) is 9.59 Å². The molecule has 8 nitrogen and oxygen atoms in total. The molecule has 0 aliphatic rings. The first-order valence-corrected chi connectivity index (χ1v) is 19.7. The highest BCUT2D eigenvalue weighted by Crippen LogP contribution is 2.16. The number of benzene rings is 2. The summed E-state index contributed by atoms with van der Waals surface area (Å²) in [6.45, 7) is 17.0. The summed E-state index contributed by atoms with van der Waals surface area (Å²) >= 11 is 0. The Hall–Kier alpha value is -3.10. The molecule has 0 saturated heterocycles. The van der Waals surface area contributed by atoms with Crippen LogP contribution in [0.3, 0.4) is 0 Å². The number of unbranched alkanes of at least 4 members (excludes halogenated alkanes) is 8. The van der Waals surface area contributed by atoms with Gasteiger partial charge in [0.1, 0.15) is 0 Å². The van der Waals surface area contributed by atoms with E-state index in [0.29, 0.717) is 13.1 Å².